The number of aliphatic carboxylic acids is 1. The van der Waals surface area contributed by atoms with Crippen LogP contribution in [0.2, 0.25) is 5.02 Å². The number of carbonyl (C=O) groups is 1. The maximum Gasteiger partial charge on any atom is 0.328 e. The van der Waals surface area contributed by atoms with Crippen LogP contribution < -0.4 is 4.74 Å². The van der Waals surface area contributed by atoms with Crippen molar-refractivity contribution in [2.24, 2.45) is 0 Å². The van der Waals surface area contributed by atoms with Gasteiger partial charge in [0.05, 0.1) is 7.11 Å². The molecule has 1 N–H and O–H groups in total. The van der Waals surface area contributed by atoms with Gasteiger partial charge in [-0.2, -0.15) is 0 Å². The molecule has 0 heterocycles. The minimum absolute atomic E-state index is 0.562. The highest BCUT2D eigenvalue weighted by molar-refractivity contribution is 6.31. The molecule has 0 radical (unpaired) electrons. The van der Waals surface area contributed by atoms with Gasteiger partial charge in [-0.25, -0.2) is 4.79 Å². The number of methoxy groups -OCH3 is 1. The molecule has 86 valence electrons. The Balaban J connectivity index is 3.37. The Morgan fingerprint density at radius 2 is 2.12 bits per heavy atom. The summed E-state index contributed by atoms with van der Waals surface area (Å²) in [4.78, 5) is 10.6. The van der Waals surface area contributed by atoms with Crippen molar-refractivity contribution in [1.29, 1.82) is 0 Å². The molecule has 0 aliphatic rings. The zero-order chi connectivity index (χ0) is 12.3. The van der Waals surface area contributed by atoms with Crippen LogP contribution in [0.4, 0.5) is 0 Å². The molecule has 1 rings (SSSR count). The van der Waals surface area contributed by atoms with Gasteiger partial charge in [0.15, 0.2) is 0 Å². The molecule has 0 amide bonds. The molecule has 0 atom stereocenters. The van der Waals surface area contributed by atoms with Gasteiger partial charge in [0.25, 0.3) is 0 Å². The van der Waals surface area contributed by atoms with E-state index in [2.05, 4.69) is 0 Å². The Morgan fingerprint density at radius 3 is 2.62 bits per heavy atom. The third-order valence-corrected chi connectivity index (χ3v) is 2.43. The van der Waals surface area contributed by atoms with E-state index in [1.54, 1.807) is 26.2 Å². The topological polar surface area (TPSA) is 46.5 Å². The van der Waals surface area contributed by atoms with Crippen LogP contribution in [0, 0.1) is 6.92 Å². The number of rotatable bonds is 3. The van der Waals surface area contributed by atoms with Crippen molar-refractivity contribution >= 4 is 23.1 Å². The molecule has 3 nitrogen and oxygen atoms in total. The van der Waals surface area contributed by atoms with Crippen molar-refractivity contribution in [2.75, 3.05) is 7.11 Å². The normalized spacial score (nSPS) is 11.4. The molecule has 1 aromatic rings. The molecule has 0 saturated heterocycles. The fraction of sp³-hybridized carbons (Fsp3) is 0.250. The molecule has 0 aliphatic carbocycles. The van der Waals surface area contributed by atoms with Crippen LogP contribution in [0.25, 0.3) is 5.57 Å². The van der Waals surface area contributed by atoms with E-state index in [1.807, 2.05) is 6.92 Å². The summed E-state index contributed by atoms with van der Waals surface area (Å²) in [6.45, 7) is 3.57. The van der Waals surface area contributed by atoms with Crippen LogP contribution >= 0.6 is 11.6 Å². The number of hydrogen-bond donors (Lipinski definition) is 1. The van der Waals surface area contributed by atoms with Crippen molar-refractivity contribution in [3.63, 3.8) is 0 Å². The SMILES string of the molecule is COc1c(C)cc(Cl)cc1/C(C)=C/C(=O)O. The van der Waals surface area contributed by atoms with Gasteiger partial charge < -0.3 is 9.84 Å². The number of halogens is 1. The number of benzene rings is 1. The average Bonchev–Trinajstić information content (AvgIpc) is 2.15. The molecular weight excluding hydrogens is 228 g/mol. The largest absolute Gasteiger partial charge is 0.496 e. The summed E-state index contributed by atoms with van der Waals surface area (Å²) in [6, 6.07) is 3.47. The summed E-state index contributed by atoms with van der Waals surface area (Å²) in [5, 5.41) is 9.26. The highest BCUT2D eigenvalue weighted by atomic mass is 35.5. The highest BCUT2D eigenvalue weighted by Gasteiger charge is 2.10. The molecule has 0 spiro atoms. The van der Waals surface area contributed by atoms with Crippen LogP contribution in [-0.4, -0.2) is 18.2 Å². The first-order valence-electron chi connectivity index (χ1n) is 4.71. The van der Waals surface area contributed by atoms with E-state index in [1.165, 1.54) is 0 Å². The third kappa shape index (κ3) is 2.76. The Morgan fingerprint density at radius 1 is 1.50 bits per heavy atom. The van der Waals surface area contributed by atoms with Gasteiger partial charge in [-0.3, -0.25) is 0 Å². The molecule has 0 fully saturated rings. The second kappa shape index (κ2) is 5.03. The van der Waals surface area contributed by atoms with E-state index in [0.29, 0.717) is 21.9 Å². The fourth-order valence-electron chi connectivity index (χ4n) is 1.56. The summed E-state index contributed by atoms with van der Waals surface area (Å²) >= 11 is 5.93. The smallest absolute Gasteiger partial charge is 0.328 e. The lowest BCUT2D eigenvalue weighted by Crippen LogP contribution is -1.96. The molecule has 0 aromatic heterocycles. The Bertz CT molecular complexity index is 450. The first kappa shape index (κ1) is 12.6. The minimum Gasteiger partial charge on any atom is -0.496 e. The average molecular weight is 241 g/mol. The van der Waals surface area contributed by atoms with Crippen LogP contribution in [0.1, 0.15) is 18.1 Å². The molecule has 1 aromatic carbocycles. The van der Waals surface area contributed by atoms with Gasteiger partial charge in [0.1, 0.15) is 5.75 Å². The molecule has 0 unspecified atom stereocenters. The van der Waals surface area contributed by atoms with Crippen molar-refractivity contribution in [1.82, 2.24) is 0 Å². The van der Waals surface area contributed by atoms with Gasteiger partial charge in [0, 0.05) is 16.7 Å². The lowest BCUT2D eigenvalue weighted by Gasteiger charge is -2.12. The third-order valence-electron chi connectivity index (χ3n) is 2.21. The summed E-state index contributed by atoms with van der Waals surface area (Å²) in [7, 11) is 1.55. The van der Waals surface area contributed by atoms with Gasteiger partial charge >= 0.3 is 5.97 Å². The van der Waals surface area contributed by atoms with Crippen molar-refractivity contribution in [3.8, 4) is 5.75 Å². The van der Waals surface area contributed by atoms with E-state index in [0.717, 1.165) is 11.6 Å². The molecule has 4 heteroatoms. The molecule has 16 heavy (non-hydrogen) atoms. The summed E-state index contributed by atoms with van der Waals surface area (Å²) in [6.07, 6.45) is 1.13. The zero-order valence-electron chi connectivity index (χ0n) is 9.37. The highest BCUT2D eigenvalue weighted by Crippen LogP contribution is 2.32. The van der Waals surface area contributed by atoms with Gasteiger partial charge in [-0.1, -0.05) is 11.6 Å². The van der Waals surface area contributed by atoms with Gasteiger partial charge in [-0.15, -0.1) is 0 Å². The Labute approximate surface area is 99.3 Å². The monoisotopic (exact) mass is 240 g/mol. The Kier molecular flexibility index (Phi) is 3.96. The maximum atomic E-state index is 10.6. The van der Waals surface area contributed by atoms with E-state index in [9.17, 15) is 4.79 Å². The number of aryl methyl sites for hydroxylation is 1. The molecular formula is C12H13ClO3. The predicted octanol–water partition coefficient (Wildman–Crippen LogP) is 3.14. The van der Waals surface area contributed by atoms with Crippen LogP contribution in [0.5, 0.6) is 5.75 Å². The zero-order valence-corrected chi connectivity index (χ0v) is 10.1. The summed E-state index contributed by atoms with van der Waals surface area (Å²) in [5.74, 6) is -0.336. The van der Waals surface area contributed by atoms with Gasteiger partial charge in [-0.05, 0) is 37.1 Å². The predicted molar refractivity (Wildman–Crippen MR) is 64.0 cm³/mol. The summed E-state index contributed by atoms with van der Waals surface area (Å²) < 4.78 is 5.24. The number of ether oxygens (including phenoxy) is 1. The number of carboxylic acids is 1. The molecule has 0 saturated carbocycles. The van der Waals surface area contributed by atoms with Crippen molar-refractivity contribution in [3.05, 3.63) is 34.4 Å². The van der Waals surface area contributed by atoms with Crippen LogP contribution in [0.3, 0.4) is 0 Å². The van der Waals surface area contributed by atoms with Gasteiger partial charge in [0.2, 0.25) is 0 Å². The van der Waals surface area contributed by atoms with E-state index < -0.39 is 5.97 Å². The molecule has 0 aliphatic heterocycles. The number of hydrogen-bond acceptors (Lipinski definition) is 2. The van der Waals surface area contributed by atoms with Crippen molar-refractivity contribution < 1.29 is 14.6 Å². The van der Waals surface area contributed by atoms with Crippen molar-refractivity contribution in [2.45, 2.75) is 13.8 Å². The minimum atomic E-state index is -0.989. The molecule has 0 bridgehead atoms. The Hall–Kier alpha value is -1.48. The summed E-state index contributed by atoms with van der Waals surface area (Å²) in [5.41, 5.74) is 2.19. The number of carboxylic acid groups (broad SMARTS) is 1. The van der Waals surface area contributed by atoms with E-state index in [4.69, 9.17) is 21.4 Å². The quantitative estimate of drug-likeness (QED) is 0.826. The van der Waals surface area contributed by atoms with Crippen LogP contribution in [-0.2, 0) is 4.79 Å². The standard InChI is InChI=1S/C12H13ClO3/c1-7(5-11(14)15)10-6-9(13)4-8(2)12(10)16-3/h4-6H,1-3H3,(H,14,15)/b7-5+. The lowest BCUT2D eigenvalue weighted by molar-refractivity contribution is -0.131. The van der Waals surface area contributed by atoms with E-state index >= 15 is 0 Å². The lowest BCUT2D eigenvalue weighted by atomic mass is 10.0. The number of allylic oxidation sites excluding steroid dienone is 1. The second-order valence-corrected chi connectivity index (χ2v) is 3.91. The second-order valence-electron chi connectivity index (χ2n) is 3.47. The first-order valence-corrected chi connectivity index (χ1v) is 5.09. The maximum absolute atomic E-state index is 10.6. The van der Waals surface area contributed by atoms with Crippen LogP contribution in [0.15, 0.2) is 18.2 Å². The fourth-order valence-corrected chi connectivity index (χ4v) is 1.83. The first-order chi connectivity index (χ1) is 7.45. The van der Waals surface area contributed by atoms with E-state index in [-0.39, 0.29) is 0 Å².